The number of para-hydroxylation sites is 1. The summed E-state index contributed by atoms with van der Waals surface area (Å²) in [7, 11) is 0. The maximum Gasteiger partial charge on any atom is 0.0748 e. The van der Waals surface area contributed by atoms with Gasteiger partial charge in [0.1, 0.15) is 0 Å². The van der Waals surface area contributed by atoms with Gasteiger partial charge in [0, 0.05) is 10.2 Å². The van der Waals surface area contributed by atoms with Crippen LogP contribution in [-0.2, 0) is 0 Å². The van der Waals surface area contributed by atoms with Crippen molar-refractivity contribution in [3.8, 4) is 0 Å². The van der Waals surface area contributed by atoms with Gasteiger partial charge in [-0.15, -0.1) is 0 Å². The minimum absolute atomic E-state index is 0.0602. The molecule has 0 aliphatic carbocycles. The lowest BCUT2D eigenvalue weighted by molar-refractivity contribution is 0.276. The van der Waals surface area contributed by atoms with Crippen LogP contribution in [0.1, 0.15) is 28.3 Å². The van der Waals surface area contributed by atoms with Gasteiger partial charge in [0.15, 0.2) is 0 Å². The van der Waals surface area contributed by atoms with Crippen LogP contribution in [0.3, 0.4) is 0 Å². The molecule has 0 aliphatic heterocycles. The van der Waals surface area contributed by atoms with E-state index < -0.39 is 0 Å². The predicted octanol–water partition coefficient (Wildman–Crippen LogP) is 4.52. The van der Waals surface area contributed by atoms with Crippen molar-refractivity contribution in [1.29, 1.82) is 0 Å². The highest BCUT2D eigenvalue weighted by Crippen LogP contribution is 2.28. The molecule has 0 bridgehead atoms. The quantitative estimate of drug-likeness (QED) is 0.862. The number of halogens is 1. The number of nitrogens with one attached hydrogen (secondary N) is 1. The van der Waals surface area contributed by atoms with E-state index in [0.29, 0.717) is 0 Å². The summed E-state index contributed by atoms with van der Waals surface area (Å²) in [6.07, 6.45) is 0. The second-order valence-corrected chi connectivity index (χ2v) is 6.01. The summed E-state index contributed by atoms with van der Waals surface area (Å²) < 4.78 is 1.000. The molecule has 0 heterocycles. The molecule has 1 unspecified atom stereocenters. The Labute approximate surface area is 129 Å². The van der Waals surface area contributed by atoms with Crippen LogP contribution < -0.4 is 5.32 Å². The highest BCUT2D eigenvalue weighted by atomic mass is 79.9. The van der Waals surface area contributed by atoms with Gasteiger partial charge in [-0.05, 0) is 71.1 Å². The van der Waals surface area contributed by atoms with Crippen molar-refractivity contribution < 1.29 is 5.11 Å². The lowest BCUT2D eigenvalue weighted by Gasteiger charge is -2.22. The molecule has 3 heteroatoms. The van der Waals surface area contributed by atoms with Crippen LogP contribution in [0.5, 0.6) is 0 Å². The fourth-order valence-corrected chi connectivity index (χ4v) is 2.75. The zero-order valence-electron chi connectivity index (χ0n) is 12.1. The Kier molecular flexibility index (Phi) is 4.84. The molecule has 0 spiro atoms. The van der Waals surface area contributed by atoms with Crippen molar-refractivity contribution in [3.05, 3.63) is 63.1 Å². The Bertz CT molecular complexity index is 610. The topological polar surface area (TPSA) is 32.3 Å². The Hall–Kier alpha value is -1.32. The van der Waals surface area contributed by atoms with Gasteiger partial charge in [0.2, 0.25) is 0 Å². The molecule has 2 rings (SSSR count). The monoisotopic (exact) mass is 333 g/mol. The standard InChI is InChI=1S/C17H20BrNO/c1-11-8-13(3)14(9-12(11)2)17(10-20)19-16-7-5-4-6-15(16)18/h4-9,17,19-20H,10H2,1-3H3. The molecule has 2 nitrogen and oxygen atoms in total. The van der Waals surface area contributed by atoms with Crippen molar-refractivity contribution in [3.63, 3.8) is 0 Å². The van der Waals surface area contributed by atoms with Crippen molar-refractivity contribution >= 4 is 21.6 Å². The Balaban J connectivity index is 2.34. The first kappa shape index (κ1) is 15.1. The highest BCUT2D eigenvalue weighted by molar-refractivity contribution is 9.10. The molecule has 0 amide bonds. The van der Waals surface area contributed by atoms with E-state index in [9.17, 15) is 5.11 Å². The third-order valence-electron chi connectivity index (χ3n) is 3.64. The van der Waals surface area contributed by atoms with Crippen LogP contribution in [0.2, 0.25) is 0 Å². The van der Waals surface area contributed by atoms with Gasteiger partial charge < -0.3 is 10.4 Å². The molecule has 20 heavy (non-hydrogen) atoms. The van der Waals surface area contributed by atoms with Gasteiger partial charge >= 0.3 is 0 Å². The summed E-state index contributed by atoms with van der Waals surface area (Å²) in [5.74, 6) is 0. The van der Waals surface area contributed by atoms with Crippen LogP contribution >= 0.6 is 15.9 Å². The molecule has 2 aromatic rings. The largest absolute Gasteiger partial charge is 0.394 e. The number of benzene rings is 2. The number of aryl methyl sites for hydroxylation is 3. The zero-order valence-corrected chi connectivity index (χ0v) is 13.7. The Morgan fingerprint density at radius 1 is 1.05 bits per heavy atom. The van der Waals surface area contributed by atoms with Crippen molar-refractivity contribution in [2.75, 3.05) is 11.9 Å². The summed E-state index contributed by atoms with van der Waals surface area (Å²) >= 11 is 3.53. The lowest BCUT2D eigenvalue weighted by atomic mass is 9.96. The smallest absolute Gasteiger partial charge is 0.0748 e. The third kappa shape index (κ3) is 3.22. The second kappa shape index (κ2) is 6.42. The maximum atomic E-state index is 9.74. The zero-order chi connectivity index (χ0) is 14.7. The number of aliphatic hydroxyl groups excluding tert-OH is 1. The van der Waals surface area contributed by atoms with Crippen molar-refractivity contribution in [2.24, 2.45) is 0 Å². The van der Waals surface area contributed by atoms with Crippen LogP contribution in [0, 0.1) is 20.8 Å². The fraction of sp³-hybridized carbons (Fsp3) is 0.294. The maximum absolute atomic E-state index is 9.74. The summed E-state index contributed by atoms with van der Waals surface area (Å²) in [5.41, 5.74) is 5.86. The minimum Gasteiger partial charge on any atom is -0.394 e. The van der Waals surface area contributed by atoms with Crippen LogP contribution in [0.4, 0.5) is 5.69 Å². The molecular formula is C17H20BrNO. The van der Waals surface area contributed by atoms with E-state index in [1.165, 1.54) is 16.7 Å². The number of anilines is 1. The summed E-state index contributed by atoms with van der Waals surface area (Å²) in [5, 5.41) is 13.1. The molecule has 0 saturated heterocycles. The average Bonchev–Trinajstić information content (AvgIpc) is 2.42. The van der Waals surface area contributed by atoms with E-state index in [0.717, 1.165) is 15.7 Å². The molecule has 1 atom stereocenters. The Morgan fingerprint density at radius 3 is 2.35 bits per heavy atom. The van der Waals surface area contributed by atoms with Gasteiger partial charge in [-0.1, -0.05) is 24.3 Å². The predicted molar refractivity (Wildman–Crippen MR) is 88.2 cm³/mol. The third-order valence-corrected chi connectivity index (χ3v) is 4.34. The number of hydrogen-bond donors (Lipinski definition) is 2. The van der Waals surface area contributed by atoms with E-state index >= 15 is 0 Å². The SMILES string of the molecule is Cc1cc(C)c(C(CO)Nc2ccccc2Br)cc1C. The van der Waals surface area contributed by atoms with Crippen LogP contribution in [0.25, 0.3) is 0 Å². The van der Waals surface area contributed by atoms with Crippen molar-refractivity contribution in [1.82, 2.24) is 0 Å². The average molecular weight is 334 g/mol. The first-order valence-corrected chi connectivity index (χ1v) is 7.52. The normalized spacial score (nSPS) is 12.2. The van der Waals surface area contributed by atoms with E-state index in [-0.39, 0.29) is 12.6 Å². The summed E-state index contributed by atoms with van der Waals surface area (Å²) in [6.45, 7) is 6.36. The molecule has 0 saturated carbocycles. The molecule has 106 valence electrons. The van der Waals surface area contributed by atoms with E-state index in [4.69, 9.17) is 0 Å². The molecule has 2 aromatic carbocycles. The van der Waals surface area contributed by atoms with Crippen LogP contribution in [-0.4, -0.2) is 11.7 Å². The molecular weight excluding hydrogens is 314 g/mol. The van der Waals surface area contributed by atoms with Gasteiger partial charge in [-0.2, -0.15) is 0 Å². The van der Waals surface area contributed by atoms with Gasteiger partial charge in [-0.25, -0.2) is 0 Å². The van der Waals surface area contributed by atoms with E-state index in [1.807, 2.05) is 24.3 Å². The number of aliphatic hydroxyl groups is 1. The molecule has 0 fully saturated rings. The number of hydrogen-bond acceptors (Lipinski definition) is 2. The van der Waals surface area contributed by atoms with Crippen molar-refractivity contribution in [2.45, 2.75) is 26.8 Å². The first-order chi connectivity index (χ1) is 9.52. The molecule has 2 N–H and O–H groups in total. The first-order valence-electron chi connectivity index (χ1n) is 6.72. The summed E-state index contributed by atoms with van der Waals surface area (Å²) in [6, 6.07) is 12.2. The van der Waals surface area contributed by atoms with E-state index in [1.54, 1.807) is 0 Å². The second-order valence-electron chi connectivity index (χ2n) is 5.15. The minimum atomic E-state index is -0.104. The van der Waals surface area contributed by atoms with E-state index in [2.05, 4.69) is 54.2 Å². The summed E-state index contributed by atoms with van der Waals surface area (Å²) in [4.78, 5) is 0. The molecule has 0 aliphatic rings. The number of rotatable bonds is 4. The molecule has 0 radical (unpaired) electrons. The highest BCUT2D eigenvalue weighted by Gasteiger charge is 2.15. The fourth-order valence-electron chi connectivity index (χ4n) is 2.35. The molecule has 0 aromatic heterocycles. The lowest BCUT2D eigenvalue weighted by Crippen LogP contribution is -2.16. The Morgan fingerprint density at radius 2 is 1.70 bits per heavy atom. The van der Waals surface area contributed by atoms with Crippen LogP contribution in [0.15, 0.2) is 40.9 Å². The van der Waals surface area contributed by atoms with Gasteiger partial charge in [0.05, 0.1) is 12.6 Å². The van der Waals surface area contributed by atoms with Gasteiger partial charge in [0.25, 0.3) is 0 Å². The van der Waals surface area contributed by atoms with Gasteiger partial charge in [-0.3, -0.25) is 0 Å².